The monoisotopic (exact) mass is 492 g/mol. The lowest BCUT2D eigenvalue weighted by molar-refractivity contribution is 0.402. The minimum Gasteiger partial charge on any atom is -0.504 e. The zero-order valence-electron chi connectivity index (χ0n) is 14.3. The molecule has 3 aromatic carbocycles. The summed E-state index contributed by atoms with van der Waals surface area (Å²) in [5, 5.41) is 19.2. The molecule has 5 nitrogen and oxygen atoms in total. The molecule has 29 heavy (non-hydrogen) atoms. The fourth-order valence-electron chi connectivity index (χ4n) is 3.21. The molecule has 0 saturated heterocycles. The number of rotatable bonds is 4. The largest absolute Gasteiger partial charge is 0.504 e. The summed E-state index contributed by atoms with van der Waals surface area (Å²) in [6, 6.07) is 12.5. The van der Waals surface area contributed by atoms with E-state index in [-0.39, 0.29) is 26.2 Å². The molecule has 0 spiro atoms. The average molecular weight is 494 g/mol. The number of benzene rings is 3. The first-order valence-corrected chi connectivity index (χ1v) is 10.9. The minimum atomic E-state index is -5.10. The average Bonchev–Trinajstić information content (AvgIpc) is 2.65. The van der Waals surface area contributed by atoms with Crippen LogP contribution in [0.3, 0.4) is 0 Å². The molecule has 0 radical (unpaired) electrons. The lowest BCUT2D eigenvalue weighted by Gasteiger charge is -2.34. The third-order valence-electron chi connectivity index (χ3n) is 4.40. The molecule has 0 aliphatic rings. The van der Waals surface area contributed by atoms with E-state index in [1.54, 1.807) is 6.07 Å². The zero-order valence-corrected chi connectivity index (χ0v) is 18.1. The summed E-state index contributed by atoms with van der Waals surface area (Å²) < 4.78 is 34.1. The highest BCUT2D eigenvalue weighted by Crippen LogP contribution is 2.54. The van der Waals surface area contributed by atoms with E-state index in [0.717, 1.165) is 6.07 Å². The summed E-state index contributed by atoms with van der Waals surface area (Å²) in [4.78, 5) is 0. The van der Waals surface area contributed by atoms with Crippen molar-refractivity contribution >= 4 is 56.5 Å². The van der Waals surface area contributed by atoms with Gasteiger partial charge in [0.25, 0.3) is 10.1 Å². The SMILES string of the molecule is O=S(=O)(O)C(c1ccccc1)(c1cc(Cl)ccc1Cl)c1c(Cl)cc(O)c(O)c1Cl. The Morgan fingerprint density at radius 3 is 2.03 bits per heavy atom. The molecule has 152 valence electrons. The van der Waals surface area contributed by atoms with E-state index in [0.29, 0.717) is 0 Å². The lowest BCUT2D eigenvalue weighted by Crippen LogP contribution is -2.39. The van der Waals surface area contributed by atoms with Crippen LogP contribution in [-0.2, 0) is 14.9 Å². The number of phenolic OH excluding ortho intramolecular Hbond substituents is 2. The highest BCUT2D eigenvalue weighted by Gasteiger charge is 2.52. The van der Waals surface area contributed by atoms with Crippen molar-refractivity contribution in [1.82, 2.24) is 0 Å². The normalized spacial score (nSPS) is 13.8. The summed E-state index contributed by atoms with van der Waals surface area (Å²) in [5.74, 6) is -1.48. The van der Waals surface area contributed by atoms with Crippen molar-refractivity contribution in [2.75, 3.05) is 0 Å². The summed E-state index contributed by atoms with van der Waals surface area (Å²) >= 11 is 24.9. The van der Waals surface area contributed by atoms with Crippen LogP contribution in [0.5, 0.6) is 11.5 Å². The first kappa shape index (κ1) is 22.0. The van der Waals surface area contributed by atoms with Crippen molar-refractivity contribution in [3.8, 4) is 11.5 Å². The number of hydrogen-bond donors (Lipinski definition) is 3. The van der Waals surface area contributed by atoms with Gasteiger partial charge in [-0.05, 0) is 23.8 Å². The van der Waals surface area contributed by atoms with Crippen molar-refractivity contribution in [3.05, 3.63) is 91.4 Å². The number of phenols is 2. The Kier molecular flexibility index (Phi) is 5.98. The van der Waals surface area contributed by atoms with Gasteiger partial charge >= 0.3 is 0 Å². The van der Waals surface area contributed by atoms with E-state index in [2.05, 4.69) is 0 Å². The van der Waals surface area contributed by atoms with Crippen LogP contribution in [0.25, 0.3) is 0 Å². The fourth-order valence-corrected chi connectivity index (χ4v) is 5.89. The first-order chi connectivity index (χ1) is 13.5. The van der Waals surface area contributed by atoms with E-state index >= 15 is 0 Å². The number of aromatic hydroxyl groups is 2. The van der Waals surface area contributed by atoms with Gasteiger partial charge in [-0.3, -0.25) is 4.55 Å². The molecule has 0 aliphatic heterocycles. The van der Waals surface area contributed by atoms with Gasteiger partial charge in [-0.2, -0.15) is 8.42 Å². The first-order valence-electron chi connectivity index (χ1n) is 7.90. The predicted molar refractivity (Wildman–Crippen MR) is 114 cm³/mol. The quantitative estimate of drug-likeness (QED) is 0.239. The van der Waals surface area contributed by atoms with Crippen LogP contribution in [0.1, 0.15) is 16.7 Å². The summed E-state index contributed by atoms with van der Waals surface area (Å²) in [7, 11) is -5.10. The molecular formula is C19H12Cl4O5S. The van der Waals surface area contributed by atoms with Crippen molar-refractivity contribution in [2.24, 2.45) is 0 Å². The zero-order chi connectivity index (χ0) is 21.6. The van der Waals surface area contributed by atoms with E-state index in [1.807, 2.05) is 0 Å². The molecule has 0 aliphatic carbocycles. The van der Waals surface area contributed by atoms with Gasteiger partial charge in [-0.15, -0.1) is 0 Å². The smallest absolute Gasteiger partial charge is 0.283 e. The van der Waals surface area contributed by atoms with Crippen molar-refractivity contribution in [1.29, 1.82) is 0 Å². The van der Waals surface area contributed by atoms with Gasteiger partial charge < -0.3 is 10.2 Å². The minimum absolute atomic E-state index is 0.0283. The fraction of sp³-hybridized carbons (Fsp3) is 0.0526. The molecule has 0 heterocycles. The molecule has 1 atom stereocenters. The molecule has 0 amide bonds. The Balaban J connectivity index is 2.67. The maximum atomic E-state index is 13.0. The molecule has 1 unspecified atom stereocenters. The van der Waals surface area contributed by atoms with E-state index in [9.17, 15) is 23.2 Å². The van der Waals surface area contributed by atoms with Gasteiger partial charge in [-0.1, -0.05) is 76.7 Å². The topological polar surface area (TPSA) is 94.8 Å². The van der Waals surface area contributed by atoms with Gasteiger partial charge in [0.1, 0.15) is 0 Å². The lowest BCUT2D eigenvalue weighted by atomic mass is 9.83. The van der Waals surface area contributed by atoms with Crippen LogP contribution in [0.15, 0.2) is 54.6 Å². The second-order valence-corrected chi connectivity index (χ2v) is 9.25. The molecule has 0 fully saturated rings. The molecular weight excluding hydrogens is 482 g/mol. The predicted octanol–water partition coefficient (Wildman–Crippen LogP) is 5.89. The van der Waals surface area contributed by atoms with Crippen LogP contribution in [-0.4, -0.2) is 23.2 Å². The van der Waals surface area contributed by atoms with Crippen molar-refractivity contribution in [2.45, 2.75) is 4.75 Å². The third-order valence-corrected chi connectivity index (χ3v) is 7.06. The number of hydrogen-bond acceptors (Lipinski definition) is 4. The van der Waals surface area contributed by atoms with Gasteiger partial charge in [0, 0.05) is 27.2 Å². The molecule has 0 bridgehead atoms. The van der Waals surface area contributed by atoms with E-state index in [1.165, 1.54) is 42.5 Å². The summed E-state index contributed by atoms with van der Waals surface area (Å²) in [6.45, 7) is 0. The van der Waals surface area contributed by atoms with Gasteiger partial charge in [0.05, 0.1) is 10.0 Å². The maximum Gasteiger partial charge on any atom is 0.283 e. The molecule has 3 N–H and O–H groups in total. The van der Waals surface area contributed by atoms with Crippen LogP contribution in [0, 0.1) is 0 Å². The third kappa shape index (κ3) is 3.54. The van der Waals surface area contributed by atoms with Gasteiger partial charge in [-0.25, -0.2) is 0 Å². The Labute approximate surface area is 186 Å². The summed E-state index contributed by atoms with van der Waals surface area (Å²) in [5.41, 5.74) is -0.510. The molecule has 10 heteroatoms. The Morgan fingerprint density at radius 2 is 1.45 bits per heavy atom. The maximum absolute atomic E-state index is 13.0. The molecule has 0 aromatic heterocycles. The highest BCUT2D eigenvalue weighted by atomic mass is 35.5. The number of halogens is 4. The Bertz CT molecular complexity index is 1200. The van der Waals surface area contributed by atoms with Crippen molar-refractivity contribution < 1.29 is 23.2 Å². The van der Waals surface area contributed by atoms with E-state index < -0.39 is 37.0 Å². The second kappa shape index (κ2) is 7.87. The molecule has 3 aromatic rings. The second-order valence-electron chi connectivity index (χ2n) is 6.06. The summed E-state index contributed by atoms with van der Waals surface area (Å²) in [6.07, 6.45) is 0. The van der Waals surface area contributed by atoms with Crippen LogP contribution in [0.4, 0.5) is 0 Å². The molecule has 0 saturated carbocycles. The van der Waals surface area contributed by atoms with E-state index in [4.69, 9.17) is 46.4 Å². The van der Waals surface area contributed by atoms with Crippen molar-refractivity contribution in [3.63, 3.8) is 0 Å². The van der Waals surface area contributed by atoms with Crippen LogP contribution in [0.2, 0.25) is 20.1 Å². The van der Waals surface area contributed by atoms with Gasteiger partial charge in [0.15, 0.2) is 16.2 Å². The highest BCUT2D eigenvalue weighted by molar-refractivity contribution is 7.87. The van der Waals surface area contributed by atoms with Crippen LogP contribution < -0.4 is 0 Å². The molecule has 3 rings (SSSR count). The standard InChI is InChI=1S/C19H12Cl4O5S/c20-11-6-7-13(21)12(8-11)19(29(26,27)28,10-4-2-1-3-5-10)16-14(22)9-15(24)18(25)17(16)23/h1-9,24-25H,(H,26,27,28). The Morgan fingerprint density at radius 1 is 0.828 bits per heavy atom. The van der Waals surface area contributed by atoms with Crippen LogP contribution >= 0.6 is 46.4 Å². The van der Waals surface area contributed by atoms with Gasteiger partial charge in [0.2, 0.25) is 0 Å². The Hall–Kier alpha value is -1.67.